The fourth-order valence-corrected chi connectivity index (χ4v) is 3.18. The fourth-order valence-electron chi connectivity index (χ4n) is 2.35. The van der Waals surface area contributed by atoms with Crippen molar-refractivity contribution in [2.75, 3.05) is 5.32 Å². The zero-order valence-corrected chi connectivity index (χ0v) is 15.9. The van der Waals surface area contributed by atoms with Gasteiger partial charge in [-0.3, -0.25) is 14.9 Å². The molecule has 0 aliphatic heterocycles. The second-order valence-corrected chi connectivity index (χ2v) is 6.99. The number of amides is 2. The molecule has 0 spiro atoms. The minimum Gasteiger partial charge on any atom is -0.348 e. The van der Waals surface area contributed by atoms with Crippen LogP contribution in [-0.4, -0.2) is 16.9 Å². The molecule has 0 radical (unpaired) electrons. The summed E-state index contributed by atoms with van der Waals surface area (Å²) in [4.78, 5) is 24.9. The molecule has 5 nitrogen and oxygen atoms in total. The lowest BCUT2D eigenvalue weighted by Gasteiger charge is -2.10. The van der Waals surface area contributed by atoms with Crippen molar-refractivity contribution in [3.8, 4) is 0 Å². The molecule has 0 unspecified atom stereocenters. The third kappa shape index (κ3) is 5.47. The highest BCUT2D eigenvalue weighted by Gasteiger charge is 2.10. The third-order valence-corrected chi connectivity index (χ3v) is 4.72. The summed E-state index contributed by atoms with van der Waals surface area (Å²) in [6, 6.07) is 20.1. The molecular weight excluding hydrogens is 378 g/mol. The van der Waals surface area contributed by atoms with E-state index in [-0.39, 0.29) is 16.9 Å². The summed E-state index contributed by atoms with van der Waals surface area (Å²) < 4.78 is 0. The number of rotatable bonds is 5. The number of thiophene rings is 1. The number of hydrogen-bond acceptors (Lipinski definition) is 4. The van der Waals surface area contributed by atoms with Gasteiger partial charge in [-0.1, -0.05) is 42.5 Å². The second kappa shape index (κ2) is 9.07. The monoisotopic (exact) mass is 395 g/mol. The SMILES string of the molecule is O=C(NCc1ccccc1)c1cccc(NC(=S)NC(=O)c2cccs2)c1. The van der Waals surface area contributed by atoms with E-state index in [4.69, 9.17) is 12.2 Å². The van der Waals surface area contributed by atoms with Gasteiger partial charge >= 0.3 is 0 Å². The molecule has 0 saturated carbocycles. The van der Waals surface area contributed by atoms with Gasteiger partial charge in [-0.25, -0.2) is 0 Å². The van der Waals surface area contributed by atoms with Crippen LogP contribution in [0.4, 0.5) is 5.69 Å². The normalized spacial score (nSPS) is 10.1. The molecule has 2 amide bonds. The minimum absolute atomic E-state index is 0.176. The van der Waals surface area contributed by atoms with Gasteiger partial charge in [0.15, 0.2) is 5.11 Å². The summed E-state index contributed by atoms with van der Waals surface area (Å²) in [6.45, 7) is 0.451. The van der Waals surface area contributed by atoms with E-state index in [2.05, 4.69) is 16.0 Å². The van der Waals surface area contributed by atoms with Crippen LogP contribution >= 0.6 is 23.6 Å². The van der Waals surface area contributed by atoms with Crippen molar-refractivity contribution >= 4 is 46.2 Å². The first-order chi connectivity index (χ1) is 13.1. The Balaban J connectivity index is 1.57. The van der Waals surface area contributed by atoms with Crippen molar-refractivity contribution < 1.29 is 9.59 Å². The van der Waals surface area contributed by atoms with Crippen molar-refractivity contribution in [2.24, 2.45) is 0 Å². The van der Waals surface area contributed by atoms with Gasteiger partial charge in [0.25, 0.3) is 11.8 Å². The lowest BCUT2D eigenvalue weighted by Crippen LogP contribution is -2.33. The van der Waals surface area contributed by atoms with Crippen LogP contribution in [0.5, 0.6) is 0 Å². The number of carbonyl (C=O) groups is 2. The van der Waals surface area contributed by atoms with E-state index in [9.17, 15) is 9.59 Å². The smallest absolute Gasteiger partial charge is 0.267 e. The van der Waals surface area contributed by atoms with Crippen LogP contribution in [0, 0.1) is 0 Å². The zero-order chi connectivity index (χ0) is 19.1. The van der Waals surface area contributed by atoms with Gasteiger partial charge in [0.05, 0.1) is 4.88 Å². The molecule has 27 heavy (non-hydrogen) atoms. The molecule has 0 bridgehead atoms. The first kappa shape index (κ1) is 18.8. The lowest BCUT2D eigenvalue weighted by molar-refractivity contribution is 0.0948. The summed E-state index contributed by atoms with van der Waals surface area (Å²) in [7, 11) is 0. The Morgan fingerprint density at radius 3 is 2.48 bits per heavy atom. The Morgan fingerprint density at radius 2 is 1.74 bits per heavy atom. The van der Waals surface area contributed by atoms with Gasteiger partial charge in [-0.2, -0.15) is 0 Å². The van der Waals surface area contributed by atoms with Crippen molar-refractivity contribution in [3.63, 3.8) is 0 Å². The summed E-state index contributed by atoms with van der Waals surface area (Å²) in [5, 5.41) is 10.4. The predicted octanol–water partition coefficient (Wildman–Crippen LogP) is 3.80. The maximum Gasteiger partial charge on any atom is 0.267 e. The minimum atomic E-state index is -0.265. The summed E-state index contributed by atoms with van der Waals surface area (Å²) in [6.07, 6.45) is 0. The van der Waals surface area contributed by atoms with Crippen molar-refractivity contribution in [2.45, 2.75) is 6.54 Å². The highest BCUT2D eigenvalue weighted by molar-refractivity contribution is 7.80. The third-order valence-electron chi connectivity index (χ3n) is 3.65. The average Bonchev–Trinajstić information content (AvgIpc) is 3.22. The number of hydrogen-bond donors (Lipinski definition) is 3. The Morgan fingerprint density at radius 1 is 0.926 bits per heavy atom. The van der Waals surface area contributed by atoms with E-state index in [0.29, 0.717) is 22.7 Å². The van der Waals surface area contributed by atoms with Crippen LogP contribution in [0.25, 0.3) is 0 Å². The largest absolute Gasteiger partial charge is 0.348 e. The maximum absolute atomic E-state index is 12.3. The highest BCUT2D eigenvalue weighted by atomic mass is 32.1. The van der Waals surface area contributed by atoms with E-state index < -0.39 is 0 Å². The second-order valence-electron chi connectivity index (χ2n) is 5.63. The molecule has 2 aromatic carbocycles. The van der Waals surface area contributed by atoms with E-state index in [1.807, 2.05) is 35.7 Å². The Labute approximate surface area is 166 Å². The molecule has 3 rings (SSSR count). The first-order valence-corrected chi connectivity index (χ1v) is 9.48. The van der Waals surface area contributed by atoms with Crippen molar-refractivity contribution in [3.05, 3.63) is 88.1 Å². The fraction of sp³-hybridized carbons (Fsp3) is 0.0500. The lowest BCUT2D eigenvalue weighted by atomic mass is 10.1. The van der Waals surface area contributed by atoms with Gasteiger partial charge < -0.3 is 10.6 Å². The first-order valence-electron chi connectivity index (χ1n) is 8.20. The number of carbonyl (C=O) groups excluding carboxylic acids is 2. The van der Waals surface area contributed by atoms with E-state index in [1.165, 1.54) is 11.3 Å². The molecule has 1 aromatic heterocycles. The van der Waals surface area contributed by atoms with Crippen molar-refractivity contribution in [1.29, 1.82) is 0 Å². The van der Waals surface area contributed by atoms with Gasteiger partial charge in [-0.05, 0) is 47.4 Å². The molecule has 0 saturated heterocycles. The Hall–Kier alpha value is -3.03. The Kier molecular flexibility index (Phi) is 6.30. The van der Waals surface area contributed by atoms with Crippen LogP contribution < -0.4 is 16.0 Å². The highest BCUT2D eigenvalue weighted by Crippen LogP contribution is 2.12. The summed E-state index contributed by atoms with van der Waals surface area (Å²) in [5.74, 6) is -0.449. The number of thiocarbonyl (C=S) groups is 1. The van der Waals surface area contributed by atoms with Crippen LogP contribution in [-0.2, 0) is 6.54 Å². The maximum atomic E-state index is 12.3. The molecule has 3 N–H and O–H groups in total. The van der Waals surface area contributed by atoms with E-state index >= 15 is 0 Å². The predicted molar refractivity (Wildman–Crippen MR) is 112 cm³/mol. The number of nitrogens with one attached hydrogen (secondary N) is 3. The van der Waals surface area contributed by atoms with E-state index in [0.717, 1.165) is 5.56 Å². The molecule has 0 aliphatic rings. The summed E-state index contributed by atoms with van der Waals surface area (Å²) >= 11 is 6.51. The molecule has 0 atom stereocenters. The topological polar surface area (TPSA) is 70.2 Å². The molecule has 3 aromatic rings. The zero-order valence-electron chi connectivity index (χ0n) is 14.3. The van der Waals surface area contributed by atoms with Crippen LogP contribution in [0.1, 0.15) is 25.6 Å². The number of anilines is 1. The quantitative estimate of drug-likeness (QED) is 0.575. The molecular formula is C20H17N3O2S2. The molecule has 1 heterocycles. The van der Waals surface area contributed by atoms with Gasteiger partial charge in [0, 0.05) is 17.8 Å². The standard InChI is InChI=1S/C20H17N3O2S2/c24-18(21-13-14-6-2-1-3-7-14)15-8-4-9-16(12-15)22-20(26)23-19(25)17-10-5-11-27-17/h1-12H,13H2,(H,21,24)(H2,22,23,25,26). The van der Waals surface area contributed by atoms with Crippen LogP contribution in [0.2, 0.25) is 0 Å². The van der Waals surface area contributed by atoms with E-state index in [1.54, 1.807) is 36.4 Å². The molecule has 7 heteroatoms. The van der Waals surface area contributed by atoms with Crippen LogP contribution in [0.15, 0.2) is 72.1 Å². The van der Waals surface area contributed by atoms with Crippen LogP contribution in [0.3, 0.4) is 0 Å². The Bertz CT molecular complexity index is 941. The van der Waals surface area contributed by atoms with Gasteiger partial charge in [-0.15, -0.1) is 11.3 Å². The van der Waals surface area contributed by atoms with Gasteiger partial charge in [0.2, 0.25) is 0 Å². The van der Waals surface area contributed by atoms with Crippen molar-refractivity contribution in [1.82, 2.24) is 10.6 Å². The summed E-state index contributed by atoms with van der Waals surface area (Å²) in [5.41, 5.74) is 2.15. The number of benzene rings is 2. The average molecular weight is 396 g/mol. The van der Waals surface area contributed by atoms with Gasteiger partial charge in [0.1, 0.15) is 0 Å². The molecule has 0 aliphatic carbocycles. The molecule has 0 fully saturated rings. The molecule has 136 valence electrons.